The van der Waals surface area contributed by atoms with Crippen molar-refractivity contribution in [3.8, 4) is 0 Å². The van der Waals surface area contributed by atoms with E-state index in [0.717, 1.165) is 17.5 Å². The van der Waals surface area contributed by atoms with Crippen LogP contribution >= 0.6 is 0 Å². The number of hydrogen-bond acceptors (Lipinski definition) is 3. The molecule has 3 unspecified atom stereocenters. The number of benzene rings is 1. The molecule has 0 aliphatic heterocycles. The van der Waals surface area contributed by atoms with Crippen LogP contribution in [-0.2, 0) is 21.3 Å². The lowest BCUT2D eigenvalue weighted by atomic mass is 10.1. The molecule has 4 nitrogen and oxygen atoms in total. The zero-order valence-electron chi connectivity index (χ0n) is 12.9. The second kappa shape index (κ2) is 7.51. The van der Waals surface area contributed by atoms with Crippen molar-refractivity contribution in [3.63, 3.8) is 0 Å². The molecule has 1 saturated carbocycles. The number of nitrogens with zero attached hydrogens (tertiary/aromatic N) is 1. The van der Waals surface area contributed by atoms with Crippen LogP contribution in [0.25, 0.3) is 0 Å². The fourth-order valence-electron chi connectivity index (χ4n) is 2.70. The molecule has 0 saturated heterocycles. The van der Waals surface area contributed by atoms with Crippen molar-refractivity contribution in [1.82, 2.24) is 10.3 Å². The Morgan fingerprint density at radius 3 is 2.78 bits per heavy atom. The Kier molecular flexibility index (Phi) is 5.18. The second-order valence-corrected chi connectivity index (χ2v) is 7.38. The van der Waals surface area contributed by atoms with Crippen molar-refractivity contribution in [2.24, 2.45) is 5.92 Å². The summed E-state index contributed by atoms with van der Waals surface area (Å²) in [5.74, 6) is 1.43. The number of rotatable bonds is 7. The molecular formula is C18H20N2O2S. The molecule has 120 valence electrons. The highest BCUT2D eigenvalue weighted by Crippen LogP contribution is 2.47. The SMILES string of the molecule is O=C(NCCS(=O)Cc1ccccc1)C1CC1c1cccnc1. The molecule has 1 aliphatic carbocycles. The van der Waals surface area contributed by atoms with Crippen LogP contribution in [0, 0.1) is 5.92 Å². The Balaban J connectivity index is 1.38. The van der Waals surface area contributed by atoms with Gasteiger partial charge in [-0.25, -0.2) is 0 Å². The summed E-state index contributed by atoms with van der Waals surface area (Å²) in [6.45, 7) is 0.467. The Bertz CT molecular complexity index is 676. The zero-order chi connectivity index (χ0) is 16.1. The molecule has 1 aliphatic rings. The largest absolute Gasteiger partial charge is 0.355 e. The highest BCUT2D eigenvalue weighted by Gasteiger charge is 2.43. The van der Waals surface area contributed by atoms with Crippen molar-refractivity contribution in [2.45, 2.75) is 18.1 Å². The fourth-order valence-corrected chi connectivity index (χ4v) is 3.74. The molecule has 1 heterocycles. The topological polar surface area (TPSA) is 59.1 Å². The van der Waals surface area contributed by atoms with E-state index >= 15 is 0 Å². The van der Waals surface area contributed by atoms with Crippen molar-refractivity contribution >= 4 is 16.7 Å². The third-order valence-electron chi connectivity index (χ3n) is 4.04. The van der Waals surface area contributed by atoms with Crippen LogP contribution in [0.5, 0.6) is 0 Å². The highest BCUT2D eigenvalue weighted by atomic mass is 32.2. The molecule has 1 N–H and O–H groups in total. The summed E-state index contributed by atoms with van der Waals surface area (Å²) < 4.78 is 12.0. The van der Waals surface area contributed by atoms with Gasteiger partial charge in [-0.1, -0.05) is 36.4 Å². The van der Waals surface area contributed by atoms with Crippen LogP contribution in [-0.4, -0.2) is 27.4 Å². The average molecular weight is 328 g/mol. The zero-order valence-corrected chi connectivity index (χ0v) is 13.7. The van der Waals surface area contributed by atoms with Gasteiger partial charge in [0.25, 0.3) is 0 Å². The fraction of sp³-hybridized carbons (Fsp3) is 0.333. The van der Waals surface area contributed by atoms with E-state index in [9.17, 15) is 9.00 Å². The van der Waals surface area contributed by atoms with Crippen molar-refractivity contribution in [1.29, 1.82) is 0 Å². The normalized spacial score (nSPS) is 20.7. The summed E-state index contributed by atoms with van der Waals surface area (Å²) in [5.41, 5.74) is 2.19. The van der Waals surface area contributed by atoms with Crippen molar-refractivity contribution in [3.05, 3.63) is 66.0 Å². The van der Waals surface area contributed by atoms with Gasteiger partial charge in [-0.05, 0) is 29.5 Å². The average Bonchev–Trinajstić information content (AvgIpc) is 3.37. The molecule has 1 amide bonds. The summed E-state index contributed by atoms with van der Waals surface area (Å²) in [5, 5.41) is 2.91. The minimum absolute atomic E-state index is 0.0433. The lowest BCUT2D eigenvalue weighted by Gasteiger charge is -2.06. The monoisotopic (exact) mass is 328 g/mol. The molecular weight excluding hydrogens is 308 g/mol. The molecule has 1 aromatic carbocycles. The number of carbonyl (C=O) groups excluding carboxylic acids is 1. The third kappa shape index (κ3) is 4.48. The molecule has 3 rings (SSSR count). The van der Waals surface area contributed by atoms with Gasteiger partial charge in [-0.3, -0.25) is 14.0 Å². The van der Waals surface area contributed by atoms with E-state index < -0.39 is 10.8 Å². The number of pyridine rings is 1. The molecule has 3 atom stereocenters. The molecule has 0 radical (unpaired) electrons. The maximum atomic E-state index is 12.1. The summed E-state index contributed by atoms with van der Waals surface area (Å²) >= 11 is 0. The van der Waals surface area contributed by atoms with E-state index in [1.165, 1.54) is 0 Å². The van der Waals surface area contributed by atoms with Gasteiger partial charge in [0, 0.05) is 47.2 Å². The van der Waals surface area contributed by atoms with Crippen LogP contribution in [0.1, 0.15) is 23.5 Å². The molecule has 23 heavy (non-hydrogen) atoms. The maximum Gasteiger partial charge on any atom is 0.223 e. The highest BCUT2D eigenvalue weighted by molar-refractivity contribution is 7.84. The minimum atomic E-state index is -0.950. The molecule has 1 fully saturated rings. The van der Waals surface area contributed by atoms with Gasteiger partial charge in [0.1, 0.15) is 0 Å². The lowest BCUT2D eigenvalue weighted by Crippen LogP contribution is -2.29. The molecule has 1 aromatic heterocycles. The Morgan fingerprint density at radius 1 is 1.22 bits per heavy atom. The first-order valence-corrected chi connectivity index (χ1v) is 9.29. The third-order valence-corrected chi connectivity index (χ3v) is 5.35. The lowest BCUT2D eigenvalue weighted by molar-refractivity contribution is -0.122. The quantitative estimate of drug-likeness (QED) is 0.848. The van der Waals surface area contributed by atoms with Crippen LogP contribution < -0.4 is 5.32 Å². The van der Waals surface area contributed by atoms with E-state index in [1.54, 1.807) is 6.20 Å². The van der Waals surface area contributed by atoms with E-state index in [4.69, 9.17) is 0 Å². The number of amides is 1. The predicted molar refractivity (Wildman–Crippen MR) is 91.3 cm³/mol. The first-order chi connectivity index (χ1) is 11.2. The first kappa shape index (κ1) is 15.9. The van der Waals surface area contributed by atoms with Crippen LogP contribution in [0.3, 0.4) is 0 Å². The number of carbonyl (C=O) groups is 1. The van der Waals surface area contributed by atoms with E-state index in [1.807, 2.05) is 48.7 Å². The Labute approximate surface area is 138 Å². The smallest absolute Gasteiger partial charge is 0.223 e. The maximum absolute atomic E-state index is 12.1. The van der Waals surface area contributed by atoms with Crippen molar-refractivity contribution < 1.29 is 9.00 Å². The van der Waals surface area contributed by atoms with Crippen molar-refractivity contribution in [2.75, 3.05) is 12.3 Å². The standard InChI is InChI=1S/C18H20N2O2S/c21-18(17-11-16(17)15-7-4-8-19-12-15)20-9-10-23(22)13-14-5-2-1-3-6-14/h1-8,12,16-17H,9-11,13H2,(H,20,21). The van der Waals surface area contributed by atoms with Crippen LogP contribution in [0.15, 0.2) is 54.9 Å². The molecule has 0 spiro atoms. The molecule has 2 aromatic rings. The summed E-state index contributed by atoms with van der Waals surface area (Å²) in [6.07, 6.45) is 4.44. The Morgan fingerprint density at radius 2 is 2.04 bits per heavy atom. The summed E-state index contributed by atoms with van der Waals surface area (Å²) in [7, 11) is -0.950. The van der Waals surface area contributed by atoms with Gasteiger partial charge in [0.05, 0.1) is 0 Å². The van der Waals surface area contributed by atoms with Gasteiger partial charge in [0.15, 0.2) is 0 Å². The number of aromatic nitrogens is 1. The molecule has 5 heteroatoms. The van der Waals surface area contributed by atoms with Gasteiger partial charge in [0.2, 0.25) is 5.91 Å². The van der Waals surface area contributed by atoms with Gasteiger partial charge in [-0.2, -0.15) is 0 Å². The van der Waals surface area contributed by atoms with Crippen LogP contribution in [0.2, 0.25) is 0 Å². The van der Waals surface area contributed by atoms with E-state index in [0.29, 0.717) is 24.0 Å². The van der Waals surface area contributed by atoms with E-state index in [-0.39, 0.29) is 11.8 Å². The second-order valence-electron chi connectivity index (χ2n) is 5.80. The summed E-state index contributed by atoms with van der Waals surface area (Å²) in [4.78, 5) is 16.2. The Hall–Kier alpha value is -2.01. The summed E-state index contributed by atoms with van der Waals surface area (Å²) in [6, 6.07) is 13.7. The molecule has 0 bridgehead atoms. The van der Waals surface area contributed by atoms with Crippen LogP contribution in [0.4, 0.5) is 0 Å². The minimum Gasteiger partial charge on any atom is -0.355 e. The number of nitrogens with one attached hydrogen (secondary N) is 1. The number of hydrogen-bond donors (Lipinski definition) is 1. The van der Waals surface area contributed by atoms with Gasteiger partial charge in [-0.15, -0.1) is 0 Å². The first-order valence-electron chi connectivity index (χ1n) is 7.80. The van der Waals surface area contributed by atoms with Gasteiger partial charge >= 0.3 is 0 Å². The van der Waals surface area contributed by atoms with Gasteiger partial charge < -0.3 is 5.32 Å². The predicted octanol–water partition coefficient (Wildman–Crippen LogP) is 2.25. The van der Waals surface area contributed by atoms with E-state index in [2.05, 4.69) is 10.3 Å².